The van der Waals surface area contributed by atoms with Crippen LogP contribution in [0, 0.1) is 0 Å². The highest BCUT2D eigenvalue weighted by molar-refractivity contribution is 5.91. The van der Waals surface area contributed by atoms with Crippen LogP contribution in [0.2, 0.25) is 0 Å². The van der Waals surface area contributed by atoms with Gasteiger partial charge in [0.15, 0.2) is 28.7 Å². The van der Waals surface area contributed by atoms with Gasteiger partial charge < -0.3 is 34.3 Å². The molecular weight excluding hydrogens is 332 g/mol. The fraction of sp³-hybridized carbons (Fsp3) is 0.235. The number of carbonyl (C=O) groups excluding carboxylic acids is 1. The average molecular weight is 350 g/mol. The summed E-state index contributed by atoms with van der Waals surface area (Å²) in [5.41, 5.74) is 0.468. The summed E-state index contributed by atoms with van der Waals surface area (Å²) in [5.74, 6) is -1.52. The van der Waals surface area contributed by atoms with Crippen LogP contribution in [0.4, 0.5) is 0 Å². The molecule has 0 saturated carbocycles. The van der Waals surface area contributed by atoms with Crippen LogP contribution in [0.5, 0.6) is 34.5 Å². The van der Waals surface area contributed by atoms with Crippen LogP contribution < -0.4 is 14.2 Å². The molecule has 0 amide bonds. The lowest BCUT2D eigenvalue weighted by atomic mass is 10.1. The third-order valence-corrected chi connectivity index (χ3v) is 3.40. The number of methoxy groups -OCH3 is 3. The van der Waals surface area contributed by atoms with Gasteiger partial charge in [0.05, 0.1) is 26.9 Å². The lowest BCUT2D eigenvalue weighted by Gasteiger charge is -2.14. The molecule has 0 aliphatic carbocycles. The van der Waals surface area contributed by atoms with Crippen LogP contribution in [0.1, 0.15) is 15.9 Å². The van der Waals surface area contributed by atoms with Crippen molar-refractivity contribution < 1.29 is 39.1 Å². The van der Waals surface area contributed by atoms with Gasteiger partial charge in [-0.3, -0.25) is 0 Å². The predicted molar refractivity (Wildman–Crippen MR) is 86.7 cm³/mol. The van der Waals surface area contributed by atoms with Crippen molar-refractivity contribution in [1.82, 2.24) is 0 Å². The maximum Gasteiger partial charge on any atom is 0.338 e. The summed E-state index contributed by atoms with van der Waals surface area (Å²) in [5, 5.41) is 28.2. The molecule has 2 rings (SSSR count). The molecule has 134 valence electrons. The van der Waals surface area contributed by atoms with Gasteiger partial charge in [0.2, 0.25) is 5.75 Å². The van der Waals surface area contributed by atoms with E-state index in [9.17, 15) is 20.1 Å². The number of phenols is 3. The molecule has 0 bridgehead atoms. The molecule has 0 aliphatic rings. The van der Waals surface area contributed by atoms with Crippen molar-refractivity contribution in [3.8, 4) is 34.5 Å². The van der Waals surface area contributed by atoms with Gasteiger partial charge in [0.1, 0.15) is 6.61 Å². The van der Waals surface area contributed by atoms with E-state index in [2.05, 4.69) is 0 Å². The van der Waals surface area contributed by atoms with Gasteiger partial charge in [0, 0.05) is 0 Å². The smallest absolute Gasteiger partial charge is 0.338 e. The van der Waals surface area contributed by atoms with E-state index < -0.39 is 23.2 Å². The highest BCUT2D eigenvalue weighted by atomic mass is 16.5. The zero-order valence-electron chi connectivity index (χ0n) is 13.9. The molecule has 3 N–H and O–H groups in total. The van der Waals surface area contributed by atoms with Gasteiger partial charge in [-0.05, 0) is 29.8 Å². The van der Waals surface area contributed by atoms with E-state index >= 15 is 0 Å². The third-order valence-electron chi connectivity index (χ3n) is 3.40. The molecule has 8 nitrogen and oxygen atoms in total. The lowest BCUT2D eigenvalue weighted by Crippen LogP contribution is -2.06. The summed E-state index contributed by atoms with van der Waals surface area (Å²) >= 11 is 0. The van der Waals surface area contributed by atoms with Crippen molar-refractivity contribution in [1.29, 1.82) is 0 Å². The topological polar surface area (TPSA) is 115 Å². The predicted octanol–water partition coefficient (Wildman–Crippen LogP) is 2.19. The number of phenolic OH excluding ortho intramolecular Hbond substituents is 3. The molecule has 0 aliphatic heterocycles. The first kappa shape index (κ1) is 18.1. The van der Waals surface area contributed by atoms with E-state index in [0.717, 1.165) is 12.1 Å². The van der Waals surface area contributed by atoms with Crippen LogP contribution in [0.15, 0.2) is 24.3 Å². The highest BCUT2D eigenvalue weighted by Crippen LogP contribution is 2.38. The first-order chi connectivity index (χ1) is 11.9. The Hall–Kier alpha value is -3.29. The van der Waals surface area contributed by atoms with Gasteiger partial charge >= 0.3 is 5.97 Å². The van der Waals surface area contributed by atoms with Crippen molar-refractivity contribution in [2.24, 2.45) is 0 Å². The largest absolute Gasteiger partial charge is 0.504 e. The van der Waals surface area contributed by atoms with Crippen LogP contribution in [-0.4, -0.2) is 42.6 Å². The molecule has 0 radical (unpaired) electrons. The summed E-state index contributed by atoms with van der Waals surface area (Å²) in [6.07, 6.45) is 0. The molecule has 0 heterocycles. The van der Waals surface area contributed by atoms with Crippen molar-refractivity contribution in [3.63, 3.8) is 0 Å². The van der Waals surface area contributed by atoms with Crippen LogP contribution >= 0.6 is 0 Å². The first-order valence-electron chi connectivity index (χ1n) is 7.12. The SMILES string of the molecule is COc1cc(COC(=O)c2cc(O)c(O)c(O)c2)cc(OC)c1OC. The summed E-state index contributed by atoms with van der Waals surface area (Å²) in [6, 6.07) is 5.24. The van der Waals surface area contributed by atoms with Crippen LogP contribution in [0.25, 0.3) is 0 Å². The third kappa shape index (κ3) is 3.79. The Kier molecular flexibility index (Phi) is 5.43. The Bertz CT molecular complexity index is 736. The molecule has 25 heavy (non-hydrogen) atoms. The Morgan fingerprint density at radius 2 is 1.40 bits per heavy atom. The number of ether oxygens (including phenoxy) is 4. The minimum atomic E-state index is -0.792. The number of rotatable bonds is 6. The molecule has 2 aromatic rings. The molecule has 8 heteroatoms. The summed E-state index contributed by atoms with van der Waals surface area (Å²) in [4.78, 5) is 12.1. The number of hydrogen-bond donors (Lipinski definition) is 3. The summed E-state index contributed by atoms with van der Waals surface area (Å²) < 4.78 is 20.8. The number of esters is 1. The van der Waals surface area contributed by atoms with E-state index in [0.29, 0.717) is 22.8 Å². The Morgan fingerprint density at radius 1 is 0.880 bits per heavy atom. The van der Waals surface area contributed by atoms with Crippen molar-refractivity contribution >= 4 is 5.97 Å². The number of hydrogen-bond acceptors (Lipinski definition) is 8. The number of benzene rings is 2. The second-order valence-electron chi connectivity index (χ2n) is 4.97. The van der Waals surface area contributed by atoms with E-state index in [1.54, 1.807) is 12.1 Å². The maximum absolute atomic E-state index is 12.1. The van der Waals surface area contributed by atoms with E-state index in [1.807, 2.05) is 0 Å². The van der Waals surface area contributed by atoms with E-state index in [4.69, 9.17) is 18.9 Å². The van der Waals surface area contributed by atoms with Crippen LogP contribution in [-0.2, 0) is 11.3 Å². The molecule has 0 atom stereocenters. The monoisotopic (exact) mass is 350 g/mol. The summed E-state index contributed by atoms with van der Waals surface area (Å²) in [6.45, 7) is -0.113. The highest BCUT2D eigenvalue weighted by Gasteiger charge is 2.17. The van der Waals surface area contributed by atoms with Gasteiger partial charge in [-0.15, -0.1) is 0 Å². The molecule has 2 aromatic carbocycles. The van der Waals surface area contributed by atoms with E-state index in [-0.39, 0.29) is 12.2 Å². The van der Waals surface area contributed by atoms with Gasteiger partial charge in [0.25, 0.3) is 0 Å². The zero-order valence-corrected chi connectivity index (χ0v) is 13.9. The molecule has 0 saturated heterocycles. The minimum Gasteiger partial charge on any atom is -0.504 e. The normalized spacial score (nSPS) is 10.2. The number of carbonyl (C=O) groups is 1. The molecule has 0 fully saturated rings. The Morgan fingerprint density at radius 3 is 1.84 bits per heavy atom. The molecule has 0 unspecified atom stereocenters. The molecule has 0 spiro atoms. The molecule has 0 aromatic heterocycles. The quantitative estimate of drug-likeness (QED) is 0.536. The Labute approximate surface area is 143 Å². The van der Waals surface area contributed by atoms with Crippen molar-refractivity contribution in [3.05, 3.63) is 35.4 Å². The van der Waals surface area contributed by atoms with Gasteiger partial charge in [-0.25, -0.2) is 4.79 Å². The number of aromatic hydroxyl groups is 3. The fourth-order valence-corrected chi connectivity index (χ4v) is 2.17. The van der Waals surface area contributed by atoms with Gasteiger partial charge in [-0.2, -0.15) is 0 Å². The second kappa shape index (κ2) is 7.52. The average Bonchev–Trinajstić information content (AvgIpc) is 2.62. The van der Waals surface area contributed by atoms with Gasteiger partial charge in [-0.1, -0.05) is 0 Å². The fourth-order valence-electron chi connectivity index (χ4n) is 2.17. The molecular formula is C17H18O8. The first-order valence-corrected chi connectivity index (χ1v) is 7.12. The zero-order chi connectivity index (χ0) is 18.6. The van der Waals surface area contributed by atoms with Crippen LogP contribution in [0.3, 0.4) is 0 Å². The standard InChI is InChI=1S/C17H18O8/c1-22-13-4-9(5-14(23-2)16(13)24-3)8-25-17(21)10-6-11(18)15(20)12(19)7-10/h4-7,18-20H,8H2,1-3H3. The maximum atomic E-state index is 12.1. The Balaban J connectivity index is 2.19. The van der Waals surface area contributed by atoms with Crippen molar-refractivity contribution in [2.75, 3.05) is 21.3 Å². The van der Waals surface area contributed by atoms with E-state index in [1.165, 1.54) is 21.3 Å². The van der Waals surface area contributed by atoms with Crippen molar-refractivity contribution in [2.45, 2.75) is 6.61 Å². The summed E-state index contributed by atoms with van der Waals surface area (Å²) in [7, 11) is 4.41. The minimum absolute atomic E-state index is 0.111. The lowest BCUT2D eigenvalue weighted by molar-refractivity contribution is 0.0471. The second-order valence-corrected chi connectivity index (χ2v) is 4.97.